The molecular formula is C30H31ClN2O6S2. The van der Waals surface area contributed by atoms with Crippen molar-refractivity contribution in [1.82, 2.24) is 4.98 Å². The second-order valence-electron chi connectivity index (χ2n) is 10.4. The maximum Gasteiger partial charge on any atom is 0.342 e. The Morgan fingerprint density at radius 3 is 2.41 bits per heavy atom. The van der Waals surface area contributed by atoms with E-state index in [0.717, 1.165) is 11.1 Å². The number of thiophene rings is 1. The number of sulfonamides is 1. The van der Waals surface area contributed by atoms with Gasteiger partial charge in [-0.2, -0.15) is 0 Å². The Bertz CT molecular complexity index is 1760. The van der Waals surface area contributed by atoms with Gasteiger partial charge < -0.3 is 9.47 Å². The minimum atomic E-state index is -4.22. The fourth-order valence-corrected chi connectivity index (χ4v) is 7.03. The van der Waals surface area contributed by atoms with Crippen molar-refractivity contribution < 1.29 is 27.5 Å². The Kier molecular flexibility index (Phi) is 8.77. The number of esters is 2. The number of nitrogens with one attached hydrogen (secondary N) is 1. The molecule has 0 aliphatic rings. The van der Waals surface area contributed by atoms with E-state index in [2.05, 4.69) is 9.71 Å². The van der Waals surface area contributed by atoms with E-state index in [1.807, 2.05) is 31.2 Å². The maximum atomic E-state index is 13.7. The monoisotopic (exact) mass is 614 g/mol. The van der Waals surface area contributed by atoms with E-state index in [1.165, 1.54) is 29.5 Å². The van der Waals surface area contributed by atoms with Crippen molar-refractivity contribution in [3.05, 3.63) is 75.3 Å². The predicted octanol–water partition coefficient (Wildman–Crippen LogP) is 7.10. The average molecular weight is 615 g/mol. The third-order valence-electron chi connectivity index (χ3n) is 5.95. The van der Waals surface area contributed by atoms with Crippen molar-refractivity contribution in [1.29, 1.82) is 0 Å². The summed E-state index contributed by atoms with van der Waals surface area (Å²) >= 11 is 7.34. The number of hydrogen-bond donors (Lipinski definition) is 1. The molecule has 2 aromatic carbocycles. The smallest absolute Gasteiger partial charge is 0.342 e. The van der Waals surface area contributed by atoms with E-state index in [4.69, 9.17) is 21.1 Å². The van der Waals surface area contributed by atoms with Crippen LogP contribution in [-0.4, -0.2) is 37.5 Å². The molecule has 8 nitrogen and oxygen atoms in total. The highest BCUT2D eigenvalue weighted by atomic mass is 35.5. The number of benzene rings is 2. The van der Waals surface area contributed by atoms with Gasteiger partial charge in [0.2, 0.25) is 0 Å². The molecule has 2 heterocycles. The van der Waals surface area contributed by atoms with Crippen molar-refractivity contribution in [2.45, 2.75) is 58.5 Å². The summed E-state index contributed by atoms with van der Waals surface area (Å²) in [6, 6.07) is 13.4. The summed E-state index contributed by atoms with van der Waals surface area (Å²) in [6.07, 6.45) is -0.0736. The van der Waals surface area contributed by atoms with Crippen molar-refractivity contribution in [2.24, 2.45) is 0 Å². The Morgan fingerprint density at radius 2 is 1.78 bits per heavy atom. The van der Waals surface area contributed by atoms with Crippen molar-refractivity contribution >= 4 is 60.8 Å². The summed E-state index contributed by atoms with van der Waals surface area (Å²) in [6.45, 7) is 10.7. The molecule has 0 aliphatic heterocycles. The predicted molar refractivity (Wildman–Crippen MR) is 162 cm³/mol. The van der Waals surface area contributed by atoms with Crippen LogP contribution < -0.4 is 4.72 Å². The summed E-state index contributed by atoms with van der Waals surface area (Å²) in [4.78, 5) is 31.9. The molecule has 4 rings (SSSR count). The molecule has 0 aliphatic carbocycles. The van der Waals surface area contributed by atoms with Gasteiger partial charge in [-0.25, -0.2) is 18.2 Å². The van der Waals surface area contributed by atoms with Gasteiger partial charge in [0, 0.05) is 20.8 Å². The lowest BCUT2D eigenvalue weighted by molar-refractivity contribution is -0.153. The lowest BCUT2D eigenvalue weighted by Crippen LogP contribution is -2.24. The van der Waals surface area contributed by atoms with Gasteiger partial charge in [0.1, 0.15) is 16.0 Å². The second kappa shape index (κ2) is 11.8. The lowest BCUT2D eigenvalue weighted by atomic mass is 9.97. The molecule has 0 saturated carbocycles. The van der Waals surface area contributed by atoms with Gasteiger partial charge in [0.15, 0.2) is 0 Å². The first-order chi connectivity index (χ1) is 19.2. The summed E-state index contributed by atoms with van der Waals surface area (Å²) in [7, 11) is -4.22. The summed E-state index contributed by atoms with van der Waals surface area (Å²) in [5.41, 5.74) is 1.87. The maximum absolute atomic E-state index is 13.7. The van der Waals surface area contributed by atoms with Crippen LogP contribution in [0.5, 0.6) is 0 Å². The molecule has 4 aromatic rings. The van der Waals surface area contributed by atoms with Gasteiger partial charge >= 0.3 is 11.9 Å². The minimum absolute atomic E-state index is 0.0134. The molecule has 1 N–H and O–H groups in total. The number of carbonyl (C=O) groups is 2. The van der Waals surface area contributed by atoms with Crippen molar-refractivity contribution in [2.75, 3.05) is 11.3 Å². The average Bonchev–Trinajstić information content (AvgIpc) is 3.20. The van der Waals surface area contributed by atoms with Crippen LogP contribution in [0.25, 0.3) is 21.3 Å². The van der Waals surface area contributed by atoms with Crippen LogP contribution in [0.1, 0.15) is 54.2 Å². The quantitative estimate of drug-likeness (QED) is 0.211. The molecule has 11 heteroatoms. The number of anilines is 1. The fourth-order valence-electron chi connectivity index (χ4n) is 4.41. The zero-order valence-electron chi connectivity index (χ0n) is 23.6. The fraction of sp³-hybridized carbons (Fsp3) is 0.300. The molecule has 0 radical (unpaired) electrons. The summed E-state index contributed by atoms with van der Waals surface area (Å²) < 4.78 is 40.9. The molecule has 0 fully saturated rings. The molecule has 0 amide bonds. The number of pyridine rings is 1. The van der Waals surface area contributed by atoms with Gasteiger partial charge in [-0.1, -0.05) is 47.5 Å². The highest BCUT2D eigenvalue weighted by molar-refractivity contribution is 7.92. The number of fused-ring (bicyclic) bond motifs is 1. The van der Waals surface area contributed by atoms with Crippen LogP contribution in [0.15, 0.2) is 53.4 Å². The van der Waals surface area contributed by atoms with Crippen molar-refractivity contribution in [3.8, 4) is 11.1 Å². The number of aromatic nitrogens is 1. The number of ether oxygens (including phenoxy) is 2. The minimum Gasteiger partial charge on any atom is -0.462 e. The van der Waals surface area contributed by atoms with Crippen molar-refractivity contribution in [3.63, 3.8) is 0 Å². The van der Waals surface area contributed by atoms with Gasteiger partial charge in [-0.05, 0) is 65.3 Å². The van der Waals surface area contributed by atoms with E-state index in [-0.39, 0.29) is 39.9 Å². The Morgan fingerprint density at radius 1 is 1.07 bits per heavy atom. The SMILES string of the molecule is CCOC(=O)c1c(C)nc2sc(CC(=O)OC(C)(C)C)c(-c3cccc(C)c3)c2c1NS(=O)(=O)c1cccc(Cl)c1. The van der Waals surface area contributed by atoms with Gasteiger partial charge in [0.25, 0.3) is 10.0 Å². The highest BCUT2D eigenvalue weighted by Crippen LogP contribution is 2.45. The number of rotatable bonds is 8. The lowest BCUT2D eigenvalue weighted by Gasteiger charge is -2.19. The standard InChI is InChI=1S/C30H31ClN2O6S2/c1-7-38-29(35)24-18(3)32-28-26(27(24)33-41(36,37)21-13-9-12-20(31)15-21)25(19-11-8-10-17(2)14-19)22(40-28)16-23(34)39-30(4,5)6/h8-15H,7,16H2,1-6H3,(H,32,33). The number of hydrogen-bond acceptors (Lipinski definition) is 8. The first kappa shape index (κ1) is 30.5. The van der Waals surface area contributed by atoms with Gasteiger partial charge in [-0.15, -0.1) is 11.3 Å². The zero-order chi connectivity index (χ0) is 30.1. The Labute approximate surface area is 248 Å². The van der Waals surface area contributed by atoms with Crippen LogP contribution in [0, 0.1) is 13.8 Å². The van der Waals surface area contributed by atoms with Crippen LogP contribution in [0.4, 0.5) is 5.69 Å². The van der Waals surface area contributed by atoms with E-state index in [0.29, 0.717) is 20.7 Å². The zero-order valence-corrected chi connectivity index (χ0v) is 26.0. The summed E-state index contributed by atoms with van der Waals surface area (Å²) in [5, 5.41) is 0.628. The van der Waals surface area contributed by atoms with Crippen LogP contribution in [0.3, 0.4) is 0 Å². The normalized spacial score (nSPS) is 11.9. The first-order valence-electron chi connectivity index (χ1n) is 12.9. The molecule has 0 saturated heterocycles. The third kappa shape index (κ3) is 6.89. The molecule has 2 aromatic heterocycles. The van der Waals surface area contributed by atoms with E-state index >= 15 is 0 Å². The van der Waals surface area contributed by atoms with Crippen LogP contribution >= 0.6 is 22.9 Å². The molecule has 0 atom stereocenters. The second-order valence-corrected chi connectivity index (χ2v) is 13.6. The Balaban J connectivity index is 2.06. The molecule has 0 spiro atoms. The molecular weight excluding hydrogens is 584 g/mol. The summed E-state index contributed by atoms with van der Waals surface area (Å²) in [5.74, 6) is -1.17. The largest absolute Gasteiger partial charge is 0.462 e. The van der Waals surface area contributed by atoms with Crippen LogP contribution in [-0.2, 0) is 30.7 Å². The van der Waals surface area contributed by atoms with Gasteiger partial charge in [0.05, 0.1) is 29.3 Å². The molecule has 0 unspecified atom stereocenters. The van der Waals surface area contributed by atoms with Gasteiger partial charge in [-0.3, -0.25) is 9.52 Å². The number of halogens is 1. The van der Waals surface area contributed by atoms with Crippen LogP contribution in [0.2, 0.25) is 5.02 Å². The highest BCUT2D eigenvalue weighted by Gasteiger charge is 2.30. The topological polar surface area (TPSA) is 112 Å². The van der Waals surface area contributed by atoms with E-state index in [9.17, 15) is 18.0 Å². The number of carbonyl (C=O) groups excluding carboxylic acids is 2. The molecule has 216 valence electrons. The van der Waals surface area contributed by atoms with E-state index < -0.39 is 27.6 Å². The number of aryl methyl sites for hydroxylation is 2. The third-order valence-corrected chi connectivity index (χ3v) is 8.61. The molecule has 0 bridgehead atoms. The van der Waals surface area contributed by atoms with E-state index in [1.54, 1.807) is 40.7 Å². The molecule has 41 heavy (non-hydrogen) atoms. The first-order valence-corrected chi connectivity index (χ1v) is 15.6. The number of nitrogens with zero attached hydrogens (tertiary/aromatic N) is 1. The Hall–Kier alpha value is -3.47.